The number of ether oxygens (including phenoxy) is 1. The van der Waals surface area contributed by atoms with Crippen LogP contribution in [-0.2, 0) is 21.4 Å². The first-order valence-electron chi connectivity index (χ1n) is 13.7. The molecule has 39 heavy (non-hydrogen) atoms. The minimum Gasteiger partial charge on any atom is -0.504 e. The van der Waals surface area contributed by atoms with Gasteiger partial charge in [0.15, 0.2) is 22.9 Å². The number of rotatable bonds is 6. The fourth-order valence-corrected chi connectivity index (χ4v) is 8.16. The van der Waals surface area contributed by atoms with Crippen molar-refractivity contribution < 1.29 is 24.4 Å². The molecule has 7 rings (SSSR count). The van der Waals surface area contributed by atoms with E-state index in [2.05, 4.69) is 10.2 Å². The molecule has 1 saturated heterocycles. The molecule has 1 spiro atoms. The predicted octanol–water partition coefficient (Wildman–Crippen LogP) is 3.66. The topological polar surface area (TPSA) is 122 Å². The molecular formula is C30H31N3O6. The minimum absolute atomic E-state index is 0.00615. The zero-order chi connectivity index (χ0) is 27.2. The molecule has 3 aliphatic carbocycles. The third-order valence-corrected chi connectivity index (χ3v) is 10.1. The first-order valence-corrected chi connectivity index (χ1v) is 13.7. The van der Waals surface area contributed by atoms with Crippen molar-refractivity contribution in [3.05, 3.63) is 69.3 Å². The van der Waals surface area contributed by atoms with Crippen LogP contribution in [0.2, 0.25) is 0 Å². The number of aromatic hydroxyl groups is 1. The number of nitro benzene ring substituents is 1. The second-order valence-electron chi connectivity index (χ2n) is 12.0. The molecule has 2 aromatic carbocycles. The van der Waals surface area contributed by atoms with Gasteiger partial charge in [0.05, 0.1) is 15.9 Å². The van der Waals surface area contributed by atoms with Crippen molar-refractivity contribution in [1.29, 1.82) is 0 Å². The van der Waals surface area contributed by atoms with Gasteiger partial charge in [0, 0.05) is 42.8 Å². The van der Waals surface area contributed by atoms with Crippen LogP contribution in [0.3, 0.4) is 0 Å². The van der Waals surface area contributed by atoms with Crippen LogP contribution >= 0.6 is 0 Å². The third kappa shape index (κ3) is 3.22. The van der Waals surface area contributed by atoms with Gasteiger partial charge in [0.25, 0.3) is 5.69 Å². The summed E-state index contributed by atoms with van der Waals surface area (Å²) in [6, 6.07) is 9.65. The third-order valence-electron chi connectivity index (χ3n) is 10.1. The molecule has 2 heterocycles. The second-order valence-corrected chi connectivity index (χ2v) is 12.0. The largest absolute Gasteiger partial charge is 0.504 e. The highest BCUT2D eigenvalue weighted by Gasteiger charge is 2.78. The Balaban J connectivity index is 1.32. The molecule has 202 valence electrons. The summed E-state index contributed by atoms with van der Waals surface area (Å²) in [4.78, 5) is 40.4. The van der Waals surface area contributed by atoms with Crippen molar-refractivity contribution in [1.82, 2.24) is 10.2 Å². The van der Waals surface area contributed by atoms with Crippen LogP contribution in [0.25, 0.3) is 6.08 Å². The van der Waals surface area contributed by atoms with Crippen LogP contribution in [0.4, 0.5) is 5.69 Å². The molecule has 2 unspecified atom stereocenters. The van der Waals surface area contributed by atoms with Crippen molar-refractivity contribution in [3.63, 3.8) is 0 Å². The number of phenols is 1. The molecule has 2 saturated carbocycles. The first kappa shape index (κ1) is 24.3. The number of nitro groups is 1. The second kappa shape index (κ2) is 8.14. The van der Waals surface area contributed by atoms with Gasteiger partial charge < -0.3 is 15.2 Å². The highest BCUT2D eigenvalue weighted by molar-refractivity contribution is 5.97. The van der Waals surface area contributed by atoms with E-state index in [0.29, 0.717) is 36.5 Å². The Hall–Kier alpha value is -3.72. The summed E-state index contributed by atoms with van der Waals surface area (Å²) in [6.45, 7) is 3.63. The number of carbonyl (C=O) groups is 2. The van der Waals surface area contributed by atoms with E-state index in [1.807, 2.05) is 13.0 Å². The van der Waals surface area contributed by atoms with Gasteiger partial charge in [-0.25, -0.2) is 0 Å². The highest BCUT2D eigenvalue weighted by atomic mass is 16.6. The van der Waals surface area contributed by atoms with Crippen LogP contribution in [0.15, 0.2) is 42.5 Å². The van der Waals surface area contributed by atoms with Crippen molar-refractivity contribution in [2.45, 2.75) is 68.0 Å². The maximum absolute atomic E-state index is 13.7. The number of hydrogen-bond acceptors (Lipinski definition) is 7. The van der Waals surface area contributed by atoms with Gasteiger partial charge in [-0.05, 0) is 86.9 Å². The molecule has 9 nitrogen and oxygen atoms in total. The lowest BCUT2D eigenvalue weighted by Gasteiger charge is -2.67. The number of nitrogens with one attached hydrogen (secondary N) is 1. The summed E-state index contributed by atoms with van der Waals surface area (Å²) in [6.07, 6.45) is 7.70. The lowest BCUT2D eigenvalue weighted by Crippen LogP contribution is -2.84. The van der Waals surface area contributed by atoms with Gasteiger partial charge in [-0.2, -0.15) is 0 Å². The number of Topliss-reactive ketones (excluding diaryl/α,β-unsaturated/α-hetero) is 1. The van der Waals surface area contributed by atoms with Crippen molar-refractivity contribution in [3.8, 4) is 11.5 Å². The number of likely N-dealkylation sites (tertiary alicyclic amines) is 1. The van der Waals surface area contributed by atoms with Gasteiger partial charge >= 0.3 is 0 Å². The Labute approximate surface area is 226 Å². The zero-order valence-corrected chi connectivity index (χ0v) is 21.8. The number of nitrogens with zero attached hydrogens (tertiary/aromatic N) is 2. The predicted molar refractivity (Wildman–Crippen MR) is 142 cm³/mol. The maximum Gasteiger partial charge on any atom is 0.269 e. The molecular weight excluding hydrogens is 498 g/mol. The SMILES string of the molecule is C[C@@]12Oc3c(O)ccc4c3C13CCN(CC1CC1)C(C4)[C@]3(NC(=O)/C=C/c1ccc([N+](=O)[O-])cc1)CCC2=O. The van der Waals surface area contributed by atoms with Crippen LogP contribution in [0.1, 0.15) is 55.7 Å². The van der Waals surface area contributed by atoms with Gasteiger partial charge in [-0.3, -0.25) is 24.6 Å². The fraction of sp³-hybridized carbons (Fsp3) is 0.467. The molecule has 2 aromatic rings. The molecule has 2 bridgehead atoms. The van der Waals surface area contributed by atoms with E-state index in [1.54, 1.807) is 24.3 Å². The normalized spacial score (nSPS) is 32.5. The quantitative estimate of drug-likeness (QED) is 0.333. The van der Waals surface area contributed by atoms with E-state index in [1.165, 1.54) is 31.1 Å². The minimum atomic E-state index is -1.19. The molecule has 3 fully saturated rings. The van der Waals surface area contributed by atoms with Crippen LogP contribution in [0.5, 0.6) is 11.5 Å². The van der Waals surface area contributed by atoms with Gasteiger partial charge in [-0.1, -0.05) is 6.07 Å². The van der Waals surface area contributed by atoms with E-state index in [9.17, 15) is 24.8 Å². The summed E-state index contributed by atoms with van der Waals surface area (Å²) in [5.74, 6) is 0.816. The van der Waals surface area contributed by atoms with E-state index in [-0.39, 0.29) is 35.6 Å². The molecule has 9 heteroatoms. The smallest absolute Gasteiger partial charge is 0.269 e. The Morgan fingerprint density at radius 1 is 1.23 bits per heavy atom. The number of benzene rings is 2. The van der Waals surface area contributed by atoms with E-state index < -0.39 is 21.5 Å². The monoisotopic (exact) mass is 529 g/mol. The Kier molecular flexibility index (Phi) is 5.08. The molecule has 2 N–H and O–H groups in total. The number of piperidine rings is 1. The van der Waals surface area contributed by atoms with Gasteiger partial charge in [-0.15, -0.1) is 0 Å². The van der Waals surface area contributed by atoms with Crippen molar-refractivity contribution in [2.75, 3.05) is 13.1 Å². The lowest BCUT2D eigenvalue weighted by molar-refractivity contribution is -0.384. The van der Waals surface area contributed by atoms with Gasteiger partial charge in [0.2, 0.25) is 5.91 Å². The molecule has 5 aliphatic rings. The summed E-state index contributed by atoms with van der Waals surface area (Å²) < 4.78 is 6.46. The van der Waals surface area contributed by atoms with Crippen molar-refractivity contribution in [2.24, 2.45) is 5.92 Å². The summed E-state index contributed by atoms with van der Waals surface area (Å²) in [5, 5.41) is 25.2. The van der Waals surface area contributed by atoms with E-state index in [4.69, 9.17) is 4.74 Å². The number of non-ortho nitro benzene ring substituents is 1. The first-order chi connectivity index (χ1) is 18.7. The molecule has 2 aliphatic heterocycles. The average molecular weight is 530 g/mol. The van der Waals surface area contributed by atoms with Crippen LogP contribution < -0.4 is 10.1 Å². The number of phenolic OH excluding ortho intramolecular Hbond substituents is 1. The maximum atomic E-state index is 13.7. The number of amides is 1. The highest BCUT2D eigenvalue weighted by Crippen LogP contribution is 2.68. The molecule has 1 amide bonds. The Morgan fingerprint density at radius 3 is 2.72 bits per heavy atom. The molecule has 0 radical (unpaired) electrons. The summed E-state index contributed by atoms with van der Waals surface area (Å²) >= 11 is 0. The van der Waals surface area contributed by atoms with Crippen molar-refractivity contribution >= 4 is 23.5 Å². The van der Waals surface area contributed by atoms with Crippen LogP contribution in [0, 0.1) is 16.0 Å². The van der Waals surface area contributed by atoms with Crippen LogP contribution in [-0.4, -0.2) is 56.9 Å². The Bertz CT molecular complexity index is 1450. The lowest BCUT2D eigenvalue weighted by atomic mass is 9.43. The summed E-state index contributed by atoms with van der Waals surface area (Å²) in [5.41, 5.74) is -0.106. The molecule has 0 aromatic heterocycles. The van der Waals surface area contributed by atoms with E-state index >= 15 is 0 Å². The standard InChI is InChI=1S/C30H31N3O6/c1-28-24(35)12-13-30(31-25(36)11-6-18-4-8-21(9-5-18)33(37)38)23-16-20-7-10-22(34)27(39-28)26(20)29(28,30)14-15-32(23)17-19-2-3-19/h4-11,19,23,34H,2-3,12-17H2,1H3,(H,31,36)/b11-6+/t23?,28-,29?,30+/m0/s1. The number of ketones is 1. The summed E-state index contributed by atoms with van der Waals surface area (Å²) in [7, 11) is 0. The average Bonchev–Trinajstić information content (AvgIpc) is 3.68. The Morgan fingerprint density at radius 2 is 2.00 bits per heavy atom. The van der Waals surface area contributed by atoms with E-state index in [0.717, 1.165) is 24.2 Å². The number of carbonyl (C=O) groups excluding carboxylic acids is 2. The fourth-order valence-electron chi connectivity index (χ4n) is 8.16. The number of hydrogen-bond donors (Lipinski definition) is 2. The molecule has 4 atom stereocenters. The zero-order valence-electron chi connectivity index (χ0n) is 21.8. The van der Waals surface area contributed by atoms with Gasteiger partial charge in [0.1, 0.15) is 0 Å².